The molecule has 0 saturated carbocycles. The number of carbonyl (C=O) groups excluding carboxylic acids is 2. The van der Waals surface area contributed by atoms with Crippen LogP contribution in [0.3, 0.4) is 0 Å². The van der Waals surface area contributed by atoms with E-state index in [1.54, 1.807) is 4.90 Å². The number of pyridine rings is 1. The van der Waals surface area contributed by atoms with E-state index in [2.05, 4.69) is 17.1 Å². The molecule has 1 aromatic heterocycles. The molecule has 3 aromatic carbocycles. The first-order valence-corrected chi connectivity index (χ1v) is 10.9. The van der Waals surface area contributed by atoms with Crippen LogP contribution in [0.25, 0.3) is 32.7 Å². The Labute approximate surface area is 186 Å². The SMILES string of the molecule is CC1(C(N)=O)CCCN(C(=O)c2ccc(-c3cncc4ccccc34)c3ccccc23)C1. The van der Waals surface area contributed by atoms with Crippen molar-refractivity contribution in [3.63, 3.8) is 0 Å². The summed E-state index contributed by atoms with van der Waals surface area (Å²) in [7, 11) is 0. The third kappa shape index (κ3) is 3.30. The predicted octanol–water partition coefficient (Wildman–Crippen LogP) is 4.78. The monoisotopic (exact) mass is 423 g/mol. The highest BCUT2D eigenvalue weighted by atomic mass is 16.2. The van der Waals surface area contributed by atoms with Crippen molar-refractivity contribution in [1.29, 1.82) is 0 Å². The van der Waals surface area contributed by atoms with Crippen LogP contribution in [0.4, 0.5) is 0 Å². The number of nitrogens with two attached hydrogens (primary N) is 1. The van der Waals surface area contributed by atoms with Crippen LogP contribution in [0.15, 0.2) is 73.1 Å². The summed E-state index contributed by atoms with van der Waals surface area (Å²) in [6.45, 7) is 2.83. The Morgan fingerprint density at radius 2 is 1.62 bits per heavy atom. The third-order valence-electron chi connectivity index (χ3n) is 6.69. The fraction of sp³-hybridized carbons (Fsp3) is 0.222. The normalized spacial score (nSPS) is 18.7. The minimum atomic E-state index is -0.682. The molecule has 2 N–H and O–H groups in total. The van der Waals surface area contributed by atoms with Crippen LogP contribution in [0.5, 0.6) is 0 Å². The van der Waals surface area contributed by atoms with Gasteiger partial charge in [-0.3, -0.25) is 14.6 Å². The molecule has 4 aromatic rings. The lowest BCUT2D eigenvalue weighted by atomic mass is 9.81. The van der Waals surface area contributed by atoms with Gasteiger partial charge in [-0.25, -0.2) is 0 Å². The van der Waals surface area contributed by atoms with Gasteiger partial charge in [0.05, 0.1) is 5.41 Å². The molecule has 5 nitrogen and oxygen atoms in total. The van der Waals surface area contributed by atoms with E-state index in [9.17, 15) is 9.59 Å². The number of hydrogen-bond donors (Lipinski definition) is 1. The predicted molar refractivity (Wildman–Crippen MR) is 127 cm³/mol. The smallest absolute Gasteiger partial charge is 0.254 e. The maximum Gasteiger partial charge on any atom is 0.254 e. The highest BCUT2D eigenvalue weighted by Crippen LogP contribution is 2.36. The number of likely N-dealkylation sites (tertiary alicyclic amines) is 1. The Hall–Kier alpha value is -3.73. The Morgan fingerprint density at radius 1 is 0.906 bits per heavy atom. The molecular weight excluding hydrogens is 398 g/mol. The maximum absolute atomic E-state index is 13.5. The Kier molecular flexibility index (Phi) is 4.89. The van der Waals surface area contributed by atoms with E-state index in [1.807, 2.05) is 67.8 Å². The van der Waals surface area contributed by atoms with Crippen molar-refractivity contribution in [2.75, 3.05) is 13.1 Å². The molecule has 2 amide bonds. The van der Waals surface area contributed by atoms with Crippen molar-refractivity contribution in [3.8, 4) is 11.1 Å². The van der Waals surface area contributed by atoms with Gasteiger partial charge in [-0.15, -0.1) is 0 Å². The van der Waals surface area contributed by atoms with Crippen LogP contribution < -0.4 is 5.73 Å². The Balaban J connectivity index is 1.62. The zero-order valence-corrected chi connectivity index (χ0v) is 18.0. The second-order valence-corrected chi connectivity index (χ2v) is 8.87. The summed E-state index contributed by atoms with van der Waals surface area (Å²) < 4.78 is 0. The van der Waals surface area contributed by atoms with E-state index in [0.717, 1.165) is 39.1 Å². The van der Waals surface area contributed by atoms with E-state index in [0.29, 0.717) is 25.1 Å². The van der Waals surface area contributed by atoms with E-state index in [-0.39, 0.29) is 11.8 Å². The van der Waals surface area contributed by atoms with E-state index in [1.165, 1.54) is 0 Å². The van der Waals surface area contributed by atoms with Crippen LogP contribution in [-0.2, 0) is 4.79 Å². The first-order valence-electron chi connectivity index (χ1n) is 10.9. The maximum atomic E-state index is 13.5. The van der Waals surface area contributed by atoms with Gasteiger partial charge in [0.2, 0.25) is 5.91 Å². The molecular formula is C27H25N3O2. The number of rotatable bonds is 3. The summed E-state index contributed by atoms with van der Waals surface area (Å²) in [6, 6.07) is 20.1. The molecule has 1 saturated heterocycles. The lowest BCUT2D eigenvalue weighted by Gasteiger charge is -2.38. The molecule has 1 unspecified atom stereocenters. The summed E-state index contributed by atoms with van der Waals surface area (Å²) in [5, 5.41) is 4.11. The van der Waals surface area contributed by atoms with Gasteiger partial charge >= 0.3 is 0 Å². The fourth-order valence-electron chi connectivity index (χ4n) is 4.84. The van der Waals surface area contributed by atoms with E-state index >= 15 is 0 Å². The molecule has 160 valence electrons. The second-order valence-electron chi connectivity index (χ2n) is 8.87. The fourth-order valence-corrected chi connectivity index (χ4v) is 4.84. The first-order chi connectivity index (χ1) is 15.5. The molecule has 1 fully saturated rings. The van der Waals surface area contributed by atoms with Crippen molar-refractivity contribution in [2.24, 2.45) is 11.1 Å². The Bertz CT molecular complexity index is 1360. The van der Waals surface area contributed by atoms with Crippen molar-refractivity contribution in [1.82, 2.24) is 9.88 Å². The molecule has 1 atom stereocenters. The van der Waals surface area contributed by atoms with Gasteiger partial charge in [-0.05, 0) is 47.6 Å². The highest BCUT2D eigenvalue weighted by molar-refractivity contribution is 6.13. The number of amides is 2. The molecule has 5 rings (SSSR count). The van der Waals surface area contributed by atoms with E-state index < -0.39 is 5.41 Å². The van der Waals surface area contributed by atoms with Gasteiger partial charge in [0.15, 0.2) is 0 Å². The largest absolute Gasteiger partial charge is 0.369 e. The average Bonchev–Trinajstić information content (AvgIpc) is 2.82. The average molecular weight is 424 g/mol. The number of fused-ring (bicyclic) bond motifs is 2. The third-order valence-corrected chi connectivity index (χ3v) is 6.69. The van der Waals surface area contributed by atoms with Gasteiger partial charge in [-0.2, -0.15) is 0 Å². The number of piperidine rings is 1. The standard InChI is InChI=1S/C27H25N3O2/c1-27(26(28)32)13-6-14-30(17-27)25(31)23-12-11-22(20-9-4-5-10-21(20)23)24-16-29-15-18-7-2-3-8-19(18)24/h2-5,7-12,15-16H,6,13-14,17H2,1H3,(H2,28,32). The molecule has 0 aliphatic carbocycles. The molecule has 32 heavy (non-hydrogen) atoms. The second kappa shape index (κ2) is 7.75. The molecule has 5 heteroatoms. The molecule has 1 aliphatic rings. The van der Waals surface area contributed by atoms with Crippen LogP contribution in [0, 0.1) is 5.41 Å². The molecule has 0 bridgehead atoms. The summed E-state index contributed by atoms with van der Waals surface area (Å²) in [6.07, 6.45) is 5.22. The van der Waals surface area contributed by atoms with Crippen LogP contribution in [0.1, 0.15) is 30.1 Å². The van der Waals surface area contributed by atoms with E-state index in [4.69, 9.17) is 5.73 Å². The van der Waals surface area contributed by atoms with Gasteiger partial charge in [-0.1, -0.05) is 54.6 Å². The molecule has 1 aliphatic heterocycles. The molecule has 0 spiro atoms. The summed E-state index contributed by atoms with van der Waals surface area (Å²) in [4.78, 5) is 31.7. The van der Waals surface area contributed by atoms with Crippen molar-refractivity contribution >= 4 is 33.4 Å². The number of primary amides is 1. The van der Waals surface area contributed by atoms with Gasteiger partial charge in [0.25, 0.3) is 5.91 Å². The number of benzene rings is 3. The van der Waals surface area contributed by atoms with Gasteiger partial charge < -0.3 is 10.6 Å². The Morgan fingerprint density at radius 3 is 2.41 bits per heavy atom. The lowest BCUT2D eigenvalue weighted by Crippen LogP contribution is -2.50. The minimum Gasteiger partial charge on any atom is -0.369 e. The van der Waals surface area contributed by atoms with Crippen LogP contribution in [-0.4, -0.2) is 34.8 Å². The zero-order valence-electron chi connectivity index (χ0n) is 18.0. The summed E-state index contributed by atoms with van der Waals surface area (Å²) in [5.74, 6) is -0.408. The first kappa shape index (κ1) is 20.2. The minimum absolute atomic E-state index is 0.0593. The quantitative estimate of drug-likeness (QED) is 0.515. The van der Waals surface area contributed by atoms with Gasteiger partial charge in [0, 0.05) is 42.0 Å². The number of carbonyl (C=O) groups is 2. The zero-order chi connectivity index (χ0) is 22.3. The summed E-state index contributed by atoms with van der Waals surface area (Å²) >= 11 is 0. The molecule has 0 radical (unpaired) electrons. The van der Waals surface area contributed by atoms with Crippen molar-refractivity contribution in [2.45, 2.75) is 19.8 Å². The lowest BCUT2D eigenvalue weighted by molar-refractivity contribution is -0.129. The topological polar surface area (TPSA) is 76.3 Å². The van der Waals surface area contributed by atoms with Crippen molar-refractivity contribution < 1.29 is 9.59 Å². The van der Waals surface area contributed by atoms with Crippen molar-refractivity contribution in [3.05, 3.63) is 78.6 Å². The highest BCUT2D eigenvalue weighted by Gasteiger charge is 2.38. The number of nitrogens with zero attached hydrogens (tertiary/aromatic N) is 2. The van der Waals surface area contributed by atoms with Crippen LogP contribution >= 0.6 is 0 Å². The number of hydrogen-bond acceptors (Lipinski definition) is 3. The summed E-state index contributed by atoms with van der Waals surface area (Å²) in [5.41, 5.74) is 7.69. The van der Waals surface area contributed by atoms with Gasteiger partial charge in [0.1, 0.15) is 0 Å². The van der Waals surface area contributed by atoms with Crippen LogP contribution in [0.2, 0.25) is 0 Å². The molecule has 2 heterocycles. The number of aromatic nitrogens is 1.